The van der Waals surface area contributed by atoms with Gasteiger partial charge in [-0.1, -0.05) is 25.6 Å². The second-order valence-corrected chi connectivity index (χ2v) is 6.05. The van der Waals surface area contributed by atoms with Crippen molar-refractivity contribution >= 4 is 28.9 Å². The quantitative estimate of drug-likeness (QED) is 0.795. The van der Waals surface area contributed by atoms with E-state index >= 15 is 0 Å². The van der Waals surface area contributed by atoms with Crippen LogP contribution in [0.2, 0.25) is 0 Å². The number of pyridine rings is 1. The molecule has 0 radical (unpaired) electrons. The monoisotopic (exact) mass is 293 g/mol. The fourth-order valence-corrected chi connectivity index (χ4v) is 2.78. The Morgan fingerprint density at radius 3 is 3.00 bits per heavy atom. The molecule has 20 heavy (non-hydrogen) atoms. The molecular weight excluding hydrogens is 274 g/mol. The van der Waals surface area contributed by atoms with E-state index < -0.39 is 5.97 Å². The lowest BCUT2D eigenvalue weighted by Crippen LogP contribution is -2.05. The SMILES string of the molecule is CC(C)CCCn1c(SCC(=O)O)nc2cccnc21. The molecule has 5 nitrogen and oxygen atoms in total. The number of carboxylic acids is 1. The first-order valence-corrected chi connectivity index (χ1v) is 7.72. The van der Waals surface area contributed by atoms with E-state index in [0.717, 1.165) is 35.7 Å². The Bertz CT molecular complexity index is 595. The minimum Gasteiger partial charge on any atom is -0.481 e. The Morgan fingerprint density at radius 2 is 2.30 bits per heavy atom. The van der Waals surface area contributed by atoms with Crippen LogP contribution in [0.1, 0.15) is 26.7 Å². The van der Waals surface area contributed by atoms with Crippen LogP contribution in [0.25, 0.3) is 11.2 Å². The van der Waals surface area contributed by atoms with Crippen molar-refractivity contribution in [2.45, 2.75) is 38.4 Å². The fourth-order valence-electron chi connectivity index (χ4n) is 2.03. The molecule has 0 spiro atoms. The van der Waals surface area contributed by atoms with Crippen LogP contribution in [0.5, 0.6) is 0 Å². The van der Waals surface area contributed by atoms with Crippen molar-refractivity contribution in [3.05, 3.63) is 18.3 Å². The van der Waals surface area contributed by atoms with Crippen LogP contribution >= 0.6 is 11.8 Å². The van der Waals surface area contributed by atoms with Gasteiger partial charge in [0.1, 0.15) is 5.52 Å². The van der Waals surface area contributed by atoms with Crippen molar-refractivity contribution in [2.75, 3.05) is 5.75 Å². The Hall–Kier alpha value is -1.56. The third kappa shape index (κ3) is 3.72. The minimum atomic E-state index is -0.830. The number of aromatic nitrogens is 3. The normalized spacial score (nSPS) is 11.3. The summed E-state index contributed by atoms with van der Waals surface area (Å²) in [6.45, 7) is 5.22. The Morgan fingerprint density at radius 1 is 1.50 bits per heavy atom. The summed E-state index contributed by atoms with van der Waals surface area (Å²) in [5, 5.41) is 9.56. The second kappa shape index (κ2) is 6.74. The van der Waals surface area contributed by atoms with Gasteiger partial charge in [-0.2, -0.15) is 0 Å². The Kier molecular flexibility index (Phi) is 5.00. The molecule has 0 aromatic carbocycles. The minimum absolute atomic E-state index is 0.0213. The molecular formula is C14H19N3O2S. The zero-order valence-corrected chi connectivity index (χ0v) is 12.6. The van der Waals surface area contributed by atoms with Gasteiger partial charge in [0.2, 0.25) is 0 Å². The highest BCUT2D eigenvalue weighted by atomic mass is 32.2. The molecule has 0 saturated heterocycles. The van der Waals surface area contributed by atoms with Gasteiger partial charge in [-0.05, 0) is 30.9 Å². The lowest BCUT2D eigenvalue weighted by atomic mass is 10.1. The first-order valence-electron chi connectivity index (χ1n) is 6.73. The maximum Gasteiger partial charge on any atom is 0.313 e. The first kappa shape index (κ1) is 14.8. The molecule has 0 aliphatic rings. The number of thioether (sulfide) groups is 1. The van der Waals surface area contributed by atoms with E-state index in [1.54, 1.807) is 6.20 Å². The van der Waals surface area contributed by atoms with E-state index in [1.807, 2.05) is 16.7 Å². The summed E-state index contributed by atoms with van der Waals surface area (Å²) in [4.78, 5) is 19.6. The van der Waals surface area contributed by atoms with E-state index in [-0.39, 0.29) is 5.75 Å². The number of carboxylic acid groups (broad SMARTS) is 1. The average molecular weight is 293 g/mol. The van der Waals surface area contributed by atoms with E-state index in [4.69, 9.17) is 5.11 Å². The van der Waals surface area contributed by atoms with E-state index in [9.17, 15) is 4.79 Å². The molecule has 0 aliphatic carbocycles. The van der Waals surface area contributed by atoms with E-state index in [2.05, 4.69) is 23.8 Å². The molecule has 2 heterocycles. The number of fused-ring (bicyclic) bond motifs is 1. The molecule has 0 saturated carbocycles. The summed E-state index contributed by atoms with van der Waals surface area (Å²) in [5.74, 6) is -0.148. The smallest absolute Gasteiger partial charge is 0.313 e. The van der Waals surface area contributed by atoms with Crippen molar-refractivity contribution < 1.29 is 9.90 Å². The molecule has 0 fully saturated rings. The molecule has 0 bridgehead atoms. The largest absolute Gasteiger partial charge is 0.481 e. The summed E-state index contributed by atoms with van der Waals surface area (Å²) in [6, 6.07) is 3.76. The van der Waals surface area contributed by atoms with Crippen molar-refractivity contribution in [3.8, 4) is 0 Å². The van der Waals surface area contributed by atoms with Crippen LogP contribution in [0.15, 0.2) is 23.5 Å². The first-order chi connectivity index (χ1) is 9.58. The maximum absolute atomic E-state index is 10.7. The lowest BCUT2D eigenvalue weighted by molar-refractivity contribution is -0.133. The van der Waals surface area contributed by atoms with Crippen molar-refractivity contribution in [2.24, 2.45) is 5.92 Å². The number of hydrogen-bond acceptors (Lipinski definition) is 4. The molecule has 1 N–H and O–H groups in total. The lowest BCUT2D eigenvalue weighted by Gasteiger charge is -2.09. The van der Waals surface area contributed by atoms with E-state index in [1.165, 1.54) is 11.8 Å². The number of hydrogen-bond donors (Lipinski definition) is 1. The molecule has 0 atom stereocenters. The highest BCUT2D eigenvalue weighted by Crippen LogP contribution is 2.23. The molecule has 0 unspecified atom stereocenters. The standard InChI is InChI=1S/C14H19N3O2S/c1-10(2)5-4-8-17-13-11(6-3-7-15-13)16-14(17)20-9-12(18)19/h3,6-7,10H,4-5,8-9H2,1-2H3,(H,18,19). The van der Waals surface area contributed by atoms with Crippen molar-refractivity contribution in [3.63, 3.8) is 0 Å². The molecule has 0 amide bonds. The summed E-state index contributed by atoms with van der Waals surface area (Å²) >= 11 is 1.25. The van der Waals surface area contributed by atoms with Gasteiger partial charge in [-0.25, -0.2) is 9.97 Å². The number of carbonyl (C=O) groups is 1. The number of nitrogens with zero attached hydrogens (tertiary/aromatic N) is 3. The van der Waals surface area contributed by atoms with Gasteiger partial charge in [0, 0.05) is 12.7 Å². The topological polar surface area (TPSA) is 68.0 Å². The fraction of sp³-hybridized carbons (Fsp3) is 0.500. The summed E-state index contributed by atoms with van der Waals surface area (Å²) in [5.41, 5.74) is 1.66. The van der Waals surface area contributed by atoms with Crippen LogP contribution in [0, 0.1) is 5.92 Å². The molecule has 6 heteroatoms. The maximum atomic E-state index is 10.7. The number of aryl methyl sites for hydroxylation is 1. The van der Waals surface area contributed by atoms with Gasteiger partial charge in [0.25, 0.3) is 0 Å². The van der Waals surface area contributed by atoms with Gasteiger partial charge in [-0.15, -0.1) is 0 Å². The van der Waals surface area contributed by atoms with Crippen LogP contribution < -0.4 is 0 Å². The van der Waals surface area contributed by atoms with Crippen LogP contribution in [-0.4, -0.2) is 31.4 Å². The number of rotatable bonds is 7. The summed E-state index contributed by atoms with van der Waals surface area (Å²) in [7, 11) is 0. The molecule has 2 rings (SSSR count). The van der Waals surface area contributed by atoms with Crippen molar-refractivity contribution in [1.82, 2.24) is 14.5 Å². The molecule has 2 aromatic rings. The van der Waals surface area contributed by atoms with Crippen LogP contribution in [-0.2, 0) is 11.3 Å². The van der Waals surface area contributed by atoms with Gasteiger partial charge < -0.3 is 9.67 Å². The van der Waals surface area contributed by atoms with Gasteiger partial charge in [0.15, 0.2) is 10.8 Å². The number of aliphatic carboxylic acids is 1. The van der Waals surface area contributed by atoms with Crippen LogP contribution in [0.3, 0.4) is 0 Å². The zero-order chi connectivity index (χ0) is 14.5. The molecule has 2 aromatic heterocycles. The highest BCUT2D eigenvalue weighted by Gasteiger charge is 2.13. The highest BCUT2D eigenvalue weighted by molar-refractivity contribution is 7.99. The Balaban J connectivity index is 2.22. The number of imidazole rings is 1. The van der Waals surface area contributed by atoms with Gasteiger partial charge in [-0.3, -0.25) is 4.79 Å². The average Bonchev–Trinajstić information content (AvgIpc) is 2.74. The molecule has 0 aliphatic heterocycles. The summed E-state index contributed by atoms with van der Waals surface area (Å²) < 4.78 is 2.03. The zero-order valence-electron chi connectivity index (χ0n) is 11.7. The Labute approximate surface area is 122 Å². The van der Waals surface area contributed by atoms with Crippen molar-refractivity contribution in [1.29, 1.82) is 0 Å². The second-order valence-electron chi connectivity index (χ2n) is 5.11. The predicted octanol–water partition coefficient (Wildman–Crippen LogP) is 3.04. The third-order valence-corrected chi connectivity index (χ3v) is 3.92. The molecule has 108 valence electrons. The third-order valence-electron chi connectivity index (χ3n) is 2.96. The van der Waals surface area contributed by atoms with Gasteiger partial charge >= 0.3 is 5.97 Å². The summed E-state index contributed by atoms with van der Waals surface area (Å²) in [6.07, 6.45) is 3.92. The van der Waals surface area contributed by atoms with E-state index in [0.29, 0.717) is 5.92 Å². The van der Waals surface area contributed by atoms with Gasteiger partial charge in [0.05, 0.1) is 5.75 Å². The van der Waals surface area contributed by atoms with Crippen LogP contribution in [0.4, 0.5) is 0 Å². The predicted molar refractivity (Wildman–Crippen MR) is 80.0 cm³/mol.